The molecule has 1 aromatic carbocycles. The van der Waals surface area contributed by atoms with E-state index in [1.165, 1.54) is 0 Å². The summed E-state index contributed by atoms with van der Waals surface area (Å²) in [5, 5.41) is 0. The Bertz CT molecular complexity index is 620. The summed E-state index contributed by atoms with van der Waals surface area (Å²) in [6.07, 6.45) is 0.983. The standard InChI is InChI=1S/C15H21ClN2O2/c1-6-15(2,3)18-11-8-13(20-5)12(19-4)7-10(11)17-14(18)9-16/h7-8H,6,9H2,1-5H3. The average Bonchev–Trinajstić information content (AvgIpc) is 2.83. The minimum atomic E-state index is -0.0570. The number of hydrogen-bond donors (Lipinski definition) is 0. The van der Waals surface area contributed by atoms with Gasteiger partial charge in [-0.3, -0.25) is 0 Å². The number of imidazole rings is 1. The van der Waals surface area contributed by atoms with Crippen molar-refractivity contribution >= 4 is 22.6 Å². The normalized spacial score (nSPS) is 11.9. The van der Waals surface area contributed by atoms with Gasteiger partial charge in [0.2, 0.25) is 0 Å². The summed E-state index contributed by atoms with van der Waals surface area (Å²) in [4.78, 5) is 4.62. The SMILES string of the molecule is CCC(C)(C)n1c(CCl)nc2cc(OC)c(OC)cc21. The molecule has 110 valence electrons. The van der Waals surface area contributed by atoms with Crippen LogP contribution in [0.5, 0.6) is 11.5 Å². The molecule has 2 aromatic rings. The Morgan fingerprint density at radius 2 is 1.80 bits per heavy atom. The van der Waals surface area contributed by atoms with E-state index in [4.69, 9.17) is 21.1 Å². The lowest BCUT2D eigenvalue weighted by atomic mass is 10.0. The summed E-state index contributed by atoms with van der Waals surface area (Å²) in [6.45, 7) is 6.52. The molecule has 0 aliphatic rings. The summed E-state index contributed by atoms with van der Waals surface area (Å²) in [6, 6.07) is 3.86. The summed E-state index contributed by atoms with van der Waals surface area (Å²) in [7, 11) is 3.26. The van der Waals surface area contributed by atoms with Crippen molar-refractivity contribution in [2.75, 3.05) is 14.2 Å². The number of hydrogen-bond acceptors (Lipinski definition) is 3. The van der Waals surface area contributed by atoms with Gasteiger partial charge in [0.1, 0.15) is 5.82 Å². The fourth-order valence-electron chi connectivity index (χ4n) is 2.38. The van der Waals surface area contributed by atoms with Gasteiger partial charge in [0.15, 0.2) is 11.5 Å². The summed E-state index contributed by atoms with van der Waals surface area (Å²) in [5.74, 6) is 2.63. The zero-order valence-corrected chi connectivity index (χ0v) is 13.4. The largest absolute Gasteiger partial charge is 0.493 e. The van der Waals surface area contributed by atoms with Gasteiger partial charge in [-0.25, -0.2) is 4.98 Å². The zero-order valence-electron chi connectivity index (χ0n) is 12.7. The summed E-state index contributed by atoms with van der Waals surface area (Å²) in [5.41, 5.74) is 1.84. The first-order valence-electron chi connectivity index (χ1n) is 6.68. The summed E-state index contributed by atoms with van der Waals surface area (Å²) < 4.78 is 12.9. The van der Waals surface area contributed by atoms with Gasteiger partial charge in [0.25, 0.3) is 0 Å². The van der Waals surface area contributed by atoms with Crippen LogP contribution in [-0.2, 0) is 11.4 Å². The van der Waals surface area contributed by atoms with Gasteiger partial charge in [-0.05, 0) is 20.3 Å². The number of rotatable bonds is 5. The van der Waals surface area contributed by atoms with Crippen molar-refractivity contribution in [3.8, 4) is 11.5 Å². The third kappa shape index (κ3) is 2.33. The molecule has 4 nitrogen and oxygen atoms in total. The zero-order chi connectivity index (χ0) is 14.9. The van der Waals surface area contributed by atoms with Crippen LogP contribution in [0.4, 0.5) is 0 Å². The molecule has 0 bridgehead atoms. The topological polar surface area (TPSA) is 36.3 Å². The van der Waals surface area contributed by atoms with E-state index < -0.39 is 0 Å². The number of alkyl halides is 1. The fourth-order valence-corrected chi connectivity index (χ4v) is 2.56. The molecule has 0 radical (unpaired) electrons. The molecule has 5 heteroatoms. The van der Waals surface area contributed by atoms with E-state index in [9.17, 15) is 0 Å². The predicted octanol–water partition coefficient (Wildman–Crippen LogP) is 3.94. The maximum absolute atomic E-state index is 6.07. The predicted molar refractivity (Wildman–Crippen MR) is 82.0 cm³/mol. The van der Waals surface area contributed by atoms with Crippen molar-refractivity contribution in [1.82, 2.24) is 9.55 Å². The lowest BCUT2D eigenvalue weighted by molar-refractivity contribution is 0.342. The Kier molecular flexibility index (Phi) is 4.14. The lowest BCUT2D eigenvalue weighted by Crippen LogP contribution is -2.26. The Morgan fingerprint density at radius 3 is 2.30 bits per heavy atom. The average molecular weight is 297 g/mol. The van der Waals surface area contributed by atoms with Gasteiger partial charge in [-0.1, -0.05) is 6.92 Å². The van der Waals surface area contributed by atoms with E-state index in [-0.39, 0.29) is 5.54 Å². The van der Waals surface area contributed by atoms with E-state index >= 15 is 0 Å². The minimum Gasteiger partial charge on any atom is -0.493 e. The van der Waals surface area contributed by atoms with Crippen molar-refractivity contribution in [3.63, 3.8) is 0 Å². The smallest absolute Gasteiger partial charge is 0.163 e. The van der Waals surface area contributed by atoms with Gasteiger partial charge in [0.05, 0.1) is 31.1 Å². The molecule has 0 unspecified atom stereocenters. The van der Waals surface area contributed by atoms with Gasteiger partial charge in [-0.2, -0.15) is 0 Å². The molecule has 0 fully saturated rings. The third-order valence-electron chi connectivity index (χ3n) is 3.82. The Labute approximate surface area is 124 Å². The number of benzene rings is 1. The second-order valence-corrected chi connectivity index (χ2v) is 5.63. The first-order chi connectivity index (χ1) is 9.48. The maximum Gasteiger partial charge on any atom is 0.163 e. The van der Waals surface area contributed by atoms with Crippen LogP contribution in [0.25, 0.3) is 11.0 Å². The minimum absolute atomic E-state index is 0.0570. The van der Waals surface area contributed by atoms with Crippen LogP contribution < -0.4 is 9.47 Å². The number of aromatic nitrogens is 2. The van der Waals surface area contributed by atoms with Crippen molar-refractivity contribution < 1.29 is 9.47 Å². The maximum atomic E-state index is 6.07. The van der Waals surface area contributed by atoms with Crippen LogP contribution in [0.2, 0.25) is 0 Å². The fraction of sp³-hybridized carbons (Fsp3) is 0.533. The molecule has 1 heterocycles. The lowest BCUT2D eigenvalue weighted by Gasteiger charge is -2.28. The van der Waals surface area contributed by atoms with Crippen molar-refractivity contribution in [1.29, 1.82) is 0 Å². The van der Waals surface area contributed by atoms with Crippen LogP contribution in [-0.4, -0.2) is 23.8 Å². The molecule has 1 aromatic heterocycles. The van der Waals surface area contributed by atoms with E-state index in [1.54, 1.807) is 14.2 Å². The van der Waals surface area contributed by atoms with Gasteiger partial charge in [0, 0.05) is 17.7 Å². The molecule has 0 saturated heterocycles. The molecule has 20 heavy (non-hydrogen) atoms. The first kappa shape index (κ1) is 15.0. The quantitative estimate of drug-likeness (QED) is 0.784. The van der Waals surface area contributed by atoms with Crippen molar-refractivity contribution in [2.45, 2.75) is 38.6 Å². The summed E-state index contributed by atoms with van der Waals surface area (Å²) >= 11 is 6.07. The highest BCUT2D eigenvalue weighted by Crippen LogP contribution is 2.36. The van der Waals surface area contributed by atoms with E-state index in [0.717, 1.165) is 23.3 Å². The molecule has 0 N–H and O–H groups in total. The molecular weight excluding hydrogens is 276 g/mol. The Hall–Kier alpha value is -1.42. The van der Waals surface area contributed by atoms with E-state index in [2.05, 4.69) is 30.3 Å². The highest BCUT2D eigenvalue weighted by molar-refractivity contribution is 6.16. The highest BCUT2D eigenvalue weighted by Gasteiger charge is 2.25. The number of halogens is 1. The van der Waals surface area contributed by atoms with Crippen LogP contribution in [0.1, 0.15) is 33.0 Å². The van der Waals surface area contributed by atoms with Crippen LogP contribution in [0, 0.1) is 0 Å². The Morgan fingerprint density at radius 1 is 1.20 bits per heavy atom. The molecule has 0 spiro atoms. The van der Waals surface area contributed by atoms with E-state index in [1.807, 2.05) is 12.1 Å². The molecule has 0 atom stereocenters. The Balaban J connectivity index is 2.78. The van der Waals surface area contributed by atoms with E-state index in [0.29, 0.717) is 17.4 Å². The molecule has 0 aliphatic heterocycles. The first-order valence-corrected chi connectivity index (χ1v) is 7.21. The van der Waals surface area contributed by atoms with Gasteiger partial charge in [-0.15, -0.1) is 11.6 Å². The highest BCUT2D eigenvalue weighted by atomic mass is 35.5. The second kappa shape index (κ2) is 5.52. The van der Waals surface area contributed by atoms with Crippen molar-refractivity contribution in [2.24, 2.45) is 0 Å². The number of fused-ring (bicyclic) bond motifs is 1. The monoisotopic (exact) mass is 296 g/mol. The van der Waals surface area contributed by atoms with Crippen LogP contribution >= 0.6 is 11.6 Å². The second-order valence-electron chi connectivity index (χ2n) is 5.36. The van der Waals surface area contributed by atoms with Crippen molar-refractivity contribution in [3.05, 3.63) is 18.0 Å². The number of nitrogens with zero attached hydrogens (tertiary/aromatic N) is 2. The van der Waals surface area contributed by atoms with Crippen LogP contribution in [0.3, 0.4) is 0 Å². The van der Waals surface area contributed by atoms with Gasteiger partial charge >= 0.3 is 0 Å². The third-order valence-corrected chi connectivity index (χ3v) is 4.06. The molecule has 0 aliphatic carbocycles. The number of methoxy groups -OCH3 is 2. The van der Waals surface area contributed by atoms with Crippen LogP contribution in [0.15, 0.2) is 12.1 Å². The molecule has 0 amide bonds. The van der Waals surface area contributed by atoms with Gasteiger partial charge < -0.3 is 14.0 Å². The number of ether oxygens (including phenoxy) is 2. The molecular formula is C15H21ClN2O2. The molecule has 0 saturated carbocycles. The molecule has 2 rings (SSSR count).